The van der Waals surface area contributed by atoms with Crippen LogP contribution in [-0.2, 0) is 11.3 Å². The maximum absolute atomic E-state index is 12.1. The number of carbonyl (C=O) groups excluding carboxylic acids is 1. The van der Waals surface area contributed by atoms with Crippen LogP contribution in [0.15, 0.2) is 35.3 Å². The van der Waals surface area contributed by atoms with Crippen LogP contribution >= 0.6 is 0 Å². The maximum Gasteiger partial charge on any atom is 0.244 e. The molecule has 0 heterocycles. The fraction of sp³-hybridized carbons (Fsp3) is 0.500. The fourth-order valence-corrected chi connectivity index (χ4v) is 1.88. The zero-order valence-electron chi connectivity index (χ0n) is 13.0. The van der Waals surface area contributed by atoms with Gasteiger partial charge in [-0.25, -0.2) is 4.99 Å². The highest BCUT2D eigenvalue weighted by Crippen LogP contribution is 2.04. The summed E-state index contributed by atoms with van der Waals surface area (Å²) < 4.78 is 0. The Morgan fingerprint density at radius 1 is 1.29 bits per heavy atom. The Labute approximate surface area is 127 Å². The average Bonchev–Trinajstić information content (AvgIpc) is 2.51. The summed E-state index contributed by atoms with van der Waals surface area (Å²) in [5.74, 6) is 0.328. The Bertz CT molecular complexity index is 445. The molecule has 0 atom stereocenters. The summed E-state index contributed by atoms with van der Waals surface area (Å²) in [6, 6.07) is 9.94. The van der Waals surface area contributed by atoms with Crippen LogP contribution in [0.4, 0.5) is 0 Å². The smallest absolute Gasteiger partial charge is 0.244 e. The molecule has 0 radical (unpaired) electrons. The summed E-state index contributed by atoms with van der Waals surface area (Å²) in [4.78, 5) is 18.0. The summed E-state index contributed by atoms with van der Waals surface area (Å²) in [7, 11) is 0. The first-order chi connectivity index (χ1) is 10.2. The van der Waals surface area contributed by atoms with E-state index in [9.17, 15) is 4.79 Å². The van der Waals surface area contributed by atoms with Gasteiger partial charge in [-0.05, 0) is 18.9 Å². The van der Waals surface area contributed by atoms with Gasteiger partial charge < -0.3 is 16.0 Å². The van der Waals surface area contributed by atoms with Crippen molar-refractivity contribution in [2.24, 2.45) is 10.7 Å². The van der Waals surface area contributed by atoms with Crippen LogP contribution < -0.4 is 11.1 Å². The van der Waals surface area contributed by atoms with Crippen molar-refractivity contribution in [2.75, 3.05) is 19.6 Å². The first-order valence-electron chi connectivity index (χ1n) is 7.52. The molecular formula is C16H26N4O. The number of unbranched alkanes of at least 4 members (excludes halogenated alkanes) is 1. The SMILES string of the molecule is CCCCNC(N)=NCC(=O)N(CC)Cc1ccccc1. The van der Waals surface area contributed by atoms with Gasteiger partial charge in [0, 0.05) is 19.6 Å². The maximum atomic E-state index is 12.1. The monoisotopic (exact) mass is 290 g/mol. The number of rotatable bonds is 8. The minimum atomic E-state index is -0.0124. The lowest BCUT2D eigenvalue weighted by atomic mass is 10.2. The minimum Gasteiger partial charge on any atom is -0.370 e. The number of nitrogens with one attached hydrogen (secondary N) is 1. The molecule has 0 saturated heterocycles. The highest BCUT2D eigenvalue weighted by atomic mass is 16.2. The van der Waals surface area contributed by atoms with Crippen LogP contribution in [-0.4, -0.2) is 36.4 Å². The lowest BCUT2D eigenvalue weighted by Gasteiger charge is -2.20. The number of hydrogen-bond acceptors (Lipinski definition) is 2. The Morgan fingerprint density at radius 3 is 2.62 bits per heavy atom. The van der Waals surface area contributed by atoms with E-state index in [-0.39, 0.29) is 12.5 Å². The Hall–Kier alpha value is -2.04. The number of amides is 1. The van der Waals surface area contributed by atoms with Crippen molar-refractivity contribution in [1.82, 2.24) is 10.2 Å². The van der Waals surface area contributed by atoms with Crippen LogP contribution in [0.5, 0.6) is 0 Å². The summed E-state index contributed by atoms with van der Waals surface area (Å²) >= 11 is 0. The van der Waals surface area contributed by atoms with Crippen molar-refractivity contribution in [3.63, 3.8) is 0 Å². The van der Waals surface area contributed by atoms with Crippen molar-refractivity contribution in [2.45, 2.75) is 33.2 Å². The van der Waals surface area contributed by atoms with E-state index in [4.69, 9.17) is 5.73 Å². The molecule has 0 spiro atoms. The Kier molecular flexibility index (Phi) is 7.94. The van der Waals surface area contributed by atoms with Crippen LogP contribution in [0.2, 0.25) is 0 Å². The van der Waals surface area contributed by atoms with E-state index in [1.165, 1.54) is 0 Å². The van der Waals surface area contributed by atoms with Crippen molar-refractivity contribution in [1.29, 1.82) is 0 Å². The van der Waals surface area contributed by atoms with Crippen molar-refractivity contribution in [3.05, 3.63) is 35.9 Å². The van der Waals surface area contributed by atoms with Crippen molar-refractivity contribution < 1.29 is 4.79 Å². The molecule has 0 aliphatic rings. The Morgan fingerprint density at radius 2 is 2.00 bits per heavy atom. The molecule has 0 aliphatic carbocycles. The topological polar surface area (TPSA) is 70.7 Å². The highest BCUT2D eigenvalue weighted by Gasteiger charge is 2.11. The van der Waals surface area contributed by atoms with Gasteiger partial charge in [-0.2, -0.15) is 0 Å². The van der Waals surface area contributed by atoms with Gasteiger partial charge in [0.2, 0.25) is 5.91 Å². The van der Waals surface area contributed by atoms with Crippen LogP contribution in [0.1, 0.15) is 32.3 Å². The molecule has 0 aliphatic heterocycles. The van der Waals surface area contributed by atoms with Gasteiger partial charge in [-0.1, -0.05) is 43.7 Å². The molecule has 116 valence electrons. The number of hydrogen-bond donors (Lipinski definition) is 2. The predicted molar refractivity (Wildman–Crippen MR) is 86.9 cm³/mol. The number of likely N-dealkylation sites (N-methyl/N-ethyl adjacent to an activating group) is 1. The molecule has 0 saturated carbocycles. The lowest BCUT2D eigenvalue weighted by molar-refractivity contribution is -0.130. The molecule has 1 aromatic rings. The molecule has 1 amide bonds. The van der Waals surface area contributed by atoms with Gasteiger partial charge in [-0.3, -0.25) is 4.79 Å². The van der Waals surface area contributed by atoms with Gasteiger partial charge >= 0.3 is 0 Å². The van der Waals surface area contributed by atoms with E-state index >= 15 is 0 Å². The third-order valence-corrected chi connectivity index (χ3v) is 3.17. The van der Waals surface area contributed by atoms with Gasteiger partial charge in [0.05, 0.1) is 0 Å². The van der Waals surface area contributed by atoms with E-state index in [1.54, 1.807) is 4.90 Å². The van der Waals surface area contributed by atoms with Crippen LogP contribution in [0.3, 0.4) is 0 Å². The molecule has 5 heteroatoms. The number of benzene rings is 1. The van der Waals surface area contributed by atoms with Crippen molar-refractivity contribution >= 4 is 11.9 Å². The summed E-state index contributed by atoms with van der Waals surface area (Å²) in [6.07, 6.45) is 2.14. The second kappa shape index (κ2) is 9.80. The minimum absolute atomic E-state index is 0.0124. The third-order valence-electron chi connectivity index (χ3n) is 3.17. The standard InChI is InChI=1S/C16H26N4O/c1-3-5-11-18-16(17)19-12-15(21)20(4-2)13-14-9-7-6-8-10-14/h6-10H,3-5,11-13H2,1-2H3,(H3,17,18,19). The molecule has 1 rings (SSSR count). The average molecular weight is 290 g/mol. The zero-order valence-corrected chi connectivity index (χ0v) is 13.0. The second-order valence-electron chi connectivity index (χ2n) is 4.88. The van der Waals surface area contributed by atoms with Gasteiger partial charge in [-0.15, -0.1) is 0 Å². The van der Waals surface area contributed by atoms with Crippen LogP contribution in [0, 0.1) is 0 Å². The van der Waals surface area contributed by atoms with E-state index < -0.39 is 0 Å². The molecule has 3 N–H and O–H groups in total. The zero-order chi connectivity index (χ0) is 15.5. The lowest BCUT2D eigenvalue weighted by Crippen LogP contribution is -2.36. The molecule has 0 unspecified atom stereocenters. The second-order valence-corrected chi connectivity index (χ2v) is 4.88. The number of carbonyl (C=O) groups is 1. The first kappa shape index (κ1) is 17.0. The number of guanidine groups is 1. The molecule has 0 bridgehead atoms. The van der Waals surface area contributed by atoms with E-state index in [0.29, 0.717) is 19.0 Å². The molecule has 5 nitrogen and oxygen atoms in total. The highest BCUT2D eigenvalue weighted by molar-refractivity contribution is 5.84. The number of nitrogens with zero attached hydrogens (tertiary/aromatic N) is 2. The largest absolute Gasteiger partial charge is 0.370 e. The molecule has 21 heavy (non-hydrogen) atoms. The number of nitrogens with two attached hydrogens (primary N) is 1. The van der Waals surface area contributed by atoms with Gasteiger partial charge in [0.1, 0.15) is 6.54 Å². The quantitative estimate of drug-likeness (QED) is 0.435. The third kappa shape index (κ3) is 6.79. The van der Waals surface area contributed by atoms with Crippen LogP contribution in [0.25, 0.3) is 0 Å². The van der Waals surface area contributed by atoms with Gasteiger partial charge in [0.25, 0.3) is 0 Å². The van der Waals surface area contributed by atoms with E-state index in [2.05, 4.69) is 17.2 Å². The summed E-state index contributed by atoms with van der Waals surface area (Å²) in [6.45, 7) is 6.23. The van der Waals surface area contributed by atoms with Crippen molar-refractivity contribution in [3.8, 4) is 0 Å². The summed E-state index contributed by atoms with van der Waals surface area (Å²) in [5.41, 5.74) is 6.84. The Balaban J connectivity index is 2.46. The number of aliphatic imine (C=N–C) groups is 1. The van der Waals surface area contributed by atoms with E-state index in [0.717, 1.165) is 24.9 Å². The predicted octanol–water partition coefficient (Wildman–Crippen LogP) is 1.74. The molecule has 0 fully saturated rings. The van der Waals surface area contributed by atoms with E-state index in [1.807, 2.05) is 37.3 Å². The first-order valence-corrected chi connectivity index (χ1v) is 7.52. The molecule has 0 aromatic heterocycles. The summed E-state index contributed by atoms with van der Waals surface area (Å²) in [5, 5.41) is 3.00. The fourth-order valence-electron chi connectivity index (χ4n) is 1.88. The van der Waals surface area contributed by atoms with Gasteiger partial charge in [0.15, 0.2) is 5.96 Å². The molecule has 1 aromatic carbocycles. The molecular weight excluding hydrogens is 264 g/mol. The normalized spacial score (nSPS) is 11.2.